The van der Waals surface area contributed by atoms with Crippen LogP contribution in [0, 0.1) is 6.92 Å². The molecule has 4 N–H and O–H groups in total. The average Bonchev–Trinajstić information content (AvgIpc) is 2.93. The molecule has 1 aliphatic rings. The number of benzene rings is 1. The zero-order valence-electron chi connectivity index (χ0n) is 12.1. The minimum absolute atomic E-state index is 0.168. The summed E-state index contributed by atoms with van der Waals surface area (Å²) in [6.45, 7) is 7.15. The average molecular weight is 277 g/mol. The Morgan fingerprint density at radius 1 is 1.45 bits per heavy atom. The first-order chi connectivity index (χ1) is 9.49. The van der Waals surface area contributed by atoms with Gasteiger partial charge in [0.2, 0.25) is 0 Å². The van der Waals surface area contributed by atoms with Gasteiger partial charge in [0.25, 0.3) is 0 Å². The fraction of sp³-hybridized carbons (Fsp3) is 0.533. The van der Waals surface area contributed by atoms with Gasteiger partial charge < -0.3 is 16.2 Å². The number of carboxylic acid groups (broad SMARTS) is 1. The van der Waals surface area contributed by atoms with Crippen LogP contribution in [0.1, 0.15) is 35.7 Å². The summed E-state index contributed by atoms with van der Waals surface area (Å²) in [4.78, 5) is 13.6. The molecule has 1 saturated heterocycles. The number of nitrogen functional groups attached to an aromatic ring is 1. The highest BCUT2D eigenvalue weighted by Crippen LogP contribution is 2.23. The third-order valence-corrected chi connectivity index (χ3v) is 3.98. The van der Waals surface area contributed by atoms with Crippen molar-refractivity contribution in [2.45, 2.75) is 32.7 Å². The van der Waals surface area contributed by atoms with E-state index in [1.807, 2.05) is 13.0 Å². The lowest BCUT2D eigenvalue weighted by Crippen LogP contribution is -2.35. The number of hydrogen-bond donors (Lipinski definition) is 3. The van der Waals surface area contributed by atoms with E-state index in [9.17, 15) is 4.79 Å². The topological polar surface area (TPSA) is 78.6 Å². The first-order valence-corrected chi connectivity index (χ1v) is 7.10. The molecular formula is C15H23N3O2. The van der Waals surface area contributed by atoms with Gasteiger partial charge in [-0.05, 0) is 57.5 Å². The quantitative estimate of drug-likeness (QED) is 0.719. The van der Waals surface area contributed by atoms with Gasteiger partial charge in [-0.15, -0.1) is 0 Å². The molecule has 1 atom stereocenters. The molecule has 1 unspecified atom stereocenters. The van der Waals surface area contributed by atoms with E-state index in [1.165, 1.54) is 12.8 Å². The number of nitrogens with two attached hydrogens (primary N) is 1. The first-order valence-electron chi connectivity index (χ1n) is 7.10. The summed E-state index contributed by atoms with van der Waals surface area (Å²) in [5, 5.41) is 12.5. The highest BCUT2D eigenvalue weighted by atomic mass is 16.4. The predicted octanol–water partition coefficient (Wildman–Crippen LogP) is 2.17. The normalized spacial score (nSPS) is 17.1. The molecule has 1 heterocycles. The Morgan fingerprint density at radius 3 is 2.70 bits per heavy atom. The summed E-state index contributed by atoms with van der Waals surface area (Å²) in [5.41, 5.74) is 7.91. The highest BCUT2D eigenvalue weighted by molar-refractivity contribution is 5.95. The van der Waals surface area contributed by atoms with Crippen LogP contribution in [0.3, 0.4) is 0 Å². The minimum Gasteiger partial charge on any atom is -0.478 e. The molecule has 5 nitrogen and oxygen atoms in total. The fourth-order valence-corrected chi connectivity index (χ4v) is 2.65. The number of rotatable bonds is 5. The molecule has 1 fully saturated rings. The molecule has 0 aromatic heterocycles. The van der Waals surface area contributed by atoms with E-state index < -0.39 is 5.97 Å². The van der Waals surface area contributed by atoms with E-state index in [4.69, 9.17) is 10.8 Å². The summed E-state index contributed by atoms with van der Waals surface area (Å²) < 4.78 is 0. The van der Waals surface area contributed by atoms with Crippen LogP contribution in [0.25, 0.3) is 0 Å². The Morgan fingerprint density at radius 2 is 2.10 bits per heavy atom. The van der Waals surface area contributed by atoms with E-state index >= 15 is 0 Å². The van der Waals surface area contributed by atoms with E-state index in [-0.39, 0.29) is 5.56 Å². The molecule has 0 bridgehead atoms. The molecule has 5 heteroatoms. The summed E-state index contributed by atoms with van der Waals surface area (Å²) >= 11 is 0. The van der Waals surface area contributed by atoms with Crippen molar-refractivity contribution in [3.8, 4) is 0 Å². The number of carboxylic acids is 1. The van der Waals surface area contributed by atoms with Crippen LogP contribution in [0.4, 0.5) is 11.4 Å². The molecular weight excluding hydrogens is 254 g/mol. The maximum Gasteiger partial charge on any atom is 0.337 e. The van der Waals surface area contributed by atoms with Gasteiger partial charge in [-0.25, -0.2) is 4.79 Å². The van der Waals surface area contributed by atoms with Crippen molar-refractivity contribution in [3.05, 3.63) is 23.3 Å². The number of carbonyl (C=O) groups is 1. The highest BCUT2D eigenvalue weighted by Gasteiger charge is 2.18. The molecule has 1 aliphatic heterocycles. The fourth-order valence-electron chi connectivity index (χ4n) is 2.65. The van der Waals surface area contributed by atoms with Crippen LogP contribution >= 0.6 is 0 Å². The molecule has 110 valence electrons. The molecule has 0 saturated carbocycles. The lowest BCUT2D eigenvalue weighted by atomic mass is 10.1. The summed E-state index contributed by atoms with van der Waals surface area (Å²) in [7, 11) is 0. The number of nitrogens with one attached hydrogen (secondary N) is 1. The maximum atomic E-state index is 11.2. The molecule has 2 rings (SSSR count). The van der Waals surface area contributed by atoms with Gasteiger partial charge in [-0.2, -0.15) is 0 Å². The molecule has 0 amide bonds. The second kappa shape index (κ2) is 6.13. The Labute approximate surface area is 119 Å². The monoisotopic (exact) mass is 277 g/mol. The van der Waals surface area contributed by atoms with Crippen LogP contribution in [0.5, 0.6) is 0 Å². The van der Waals surface area contributed by atoms with E-state index in [0.29, 0.717) is 11.7 Å². The zero-order chi connectivity index (χ0) is 14.7. The van der Waals surface area contributed by atoms with Crippen molar-refractivity contribution in [1.29, 1.82) is 0 Å². The van der Waals surface area contributed by atoms with Crippen LogP contribution < -0.4 is 11.1 Å². The van der Waals surface area contributed by atoms with Crippen LogP contribution in [0.15, 0.2) is 12.1 Å². The zero-order valence-corrected chi connectivity index (χ0v) is 12.1. The van der Waals surface area contributed by atoms with Crippen molar-refractivity contribution in [2.75, 3.05) is 30.7 Å². The number of anilines is 2. The van der Waals surface area contributed by atoms with Crippen molar-refractivity contribution >= 4 is 17.3 Å². The second-order valence-corrected chi connectivity index (χ2v) is 5.53. The third-order valence-electron chi connectivity index (χ3n) is 3.98. The van der Waals surface area contributed by atoms with E-state index in [2.05, 4.69) is 17.1 Å². The predicted molar refractivity (Wildman–Crippen MR) is 81.3 cm³/mol. The lowest BCUT2D eigenvalue weighted by molar-refractivity contribution is 0.0698. The maximum absolute atomic E-state index is 11.2. The molecule has 20 heavy (non-hydrogen) atoms. The summed E-state index contributed by atoms with van der Waals surface area (Å²) in [6.07, 6.45) is 2.54. The van der Waals surface area contributed by atoms with Gasteiger partial charge in [0.05, 0.1) is 5.56 Å². The molecule has 1 aromatic carbocycles. The Bertz CT molecular complexity index is 496. The van der Waals surface area contributed by atoms with E-state index in [1.54, 1.807) is 6.07 Å². The SMILES string of the molecule is Cc1cc(NCC(C)N2CCCC2)cc(C(=O)O)c1N. The number of hydrogen-bond acceptors (Lipinski definition) is 4. The first kappa shape index (κ1) is 14.7. The number of likely N-dealkylation sites (tertiary alicyclic amines) is 1. The van der Waals surface area contributed by atoms with Gasteiger partial charge in [0.1, 0.15) is 0 Å². The van der Waals surface area contributed by atoms with Crippen LogP contribution in [-0.2, 0) is 0 Å². The molecule has 0 aliphatic carbocycles. The number of nitrogens with zero attached hydrogens (tertiary/aromatic N) is 1. The standard InChI is InChI=1S/C15H23N3O2/c1-10-7-12(8-13(14(10)16)15(19)20)17-9-11(2)18-5-3-4-6-18/h7-8,11,17H,3-6,9,16H2,1-2H3,(H,19,20). The number of aromatic carboxylic acids is 1. The van der Waals surface area contributed by atoms with Gasteiger partial charge in [0, 0.05) is 24.0 Å². The smallest absolute Gasteiger partial charge is 0.337 e. The van der Waals surface area contributed by atoms with Crippen molar-refractivity contribution in [1.82, 2.24) is 4.90 Å². The minimum atomic E-state index is -0.984. The van der Waals surface area contributed by atoms with Crippen LogP contribution in [0.2, 0.25) is 0 Å². The molecule has 1 aromatic rings. The Hall–Kier alpha value is -1.75. The van der Waals surface area contributed by atoms with Crippen molar-refractivity contribution in [2.24, 2.45) is 0 Å². The second-order valence-electron chi connectivity index (χ2n) is 5.53. The van der Waals surface area contributed by atoms with Gasteiger partial charge in [-0.3, -0.25) is 4.90 Å². The Balaban J connectivity index is 2.04. The van der Waals surface area contributed by atoms with Crippen LogP contribution in [-0.4, -0.2) is 41.7 Å². The number of aryl methyl sites for hydroxylation is 1. The van der Waals surface area contributed by atoms with Crippen molar-refractivity contribution < 1.29 is 9.90 Å². The summed E-state index contributed by atoms with van der Waals surface area (Å²) in [6, 6.07) is 3.96. The lowest BCUT2D eigenvalue weighted by Gasteiger charge is -2.24. The third kappa shape index (κ3) is 3.22. The van der Waals surface area contributed by atoms with E-state index in [0.717, 1.165) is 30.9 Å². The Kier molecular flexibility index (Phi) is 4.49. The largest absolute Gasteiger partial charge is 0.478 e. The van der Waals surface area contributed by atoms with Gasteiger partial charge in [0.15, 0.2) is 0 Å². The van der Waals surface area contributed by atoms with Gasteiger partial charge in [-0.1, -0.05) is 0 Å². The molecule has 0 spiro atoms. The summed E-state index contributed by atoms with van der Waals surface area (Å²) in [5.74, 6) is -0.984. The van der Waals surface area contributed by atoms with Crippen molar-refractivity contribution in [3.63, 3.8) is 0 Å². The van der Waals surface area contributed by atoms with Gasteiger partial charge >= 0.3 is 5.97 Å². The molecule has 0 radical (unpaired) electrons.